The van der Waals surface area contributed by atoms with Gasteiger partial charge in [0.1, 0.15) is 0 Å². The van der Waals surface area contributed by atoms with E-state index in [0.717, 1.165) is 0 Å². The van der Waals surface area contributed by atoms with Gasteiger partial charge in [-0.15, -0.1) is 0 Å². The van der Waals surface area contributed by atoms with Crippen LogP contribution >= 0.6 is 0 Å². The second kappa shape index (κ2) is 7.43. The van der Waals surface area contributed by atoms with Gasteiger partial charge >= 0.3 is 11.9 Å². The molecule has 6 heteroatoms. The summed E-state index contributed by atoms with van der Waals surface area (Å²) in [5, 5.41) is 17.9. The van der Waals surface area contributed by atoms with Crippen molar-refractivity contribution in [1.82, 2.24) is 0 Å². The zero-order valence-corrected chi connectivity index (χ0v) is 11.7. The fourth-order valence-corrected chi connectivity index (χ4v) is 2.09. The molecule has 0 saturated carbocycles. The maximum atomic E-state index is 12.1. The van der Waals surface area contributed by atoms with Crippen LogP contribution in [0.4, 0.5) is 4.39 Å². The first-order valence-electron chi connectivity index (χ1n) is 6.43. The molecule has 0 amide bonds. The van der Waals surface area contributed by atoms with Crippen molar-refractivity contribution in [3.8, 4) is 0 Å². The first kappa shape index (κ1) is 17.8. The summed E-state index contributed by atoms with van der Waals surface area (Å²) >= 11 is 0. The van der Waals surface area contributed by atoms with Crippen LogP contribution in [0.2, 0.25) is 0 Å². The van der Waals surface area contributed by atoms with E-state index in [-0.39, 0.29) is 12.6 Å². The number of carbonyl (C=O) groups is 2. The van der Waals surface area contributed by atoms with Gasteiger partial charge in [-0.3, -0.25) is 14.0 Å². The predicted molar refractivity (Wildman–Crippen MR) is 69.5 cm³/mol. The Hall–Kier alpha value is -1.17. The van der Waals surface area contributed by atoms with Crippen molar-refractivity contribution >= 4 is 11.9 Å². The van der Waals surface area contributed by atoms with Crippen molar-refractivity contribution in [3.05, 3.63) is 0 Å². The summed E-state index contributed by atoms with van der Waals surface area (Å²) in [5.74, 6) is -4.47. The van der Waals surface area contributed by atoms with Crippen LogP contribution in [-0.4, -0.2) is 34.9 Å². The lowest BCUT2D eigenvalue weighted by Gasteiger charge is -2.39. The Balaban J connectivity index is 4.85. The van der Waals surface area contributed by atoms with E-state index in [9.17, 15) is 14.0 Å². The van der Waals surface area contributed by atoms with Crippen LogP contribution in [0.25, 0.3) is 0 Å². The molecule has 0 spiro atoms. The van der Waals surface area contributed by atoms with Gasteiger partial charge in [0.2, 0.25) is 0 Å². The molecule has 4 N–H and O–H groups in total. The number of aliphatic carboxylic acids is 2. The molecule has 2 atom stereocenters. The van der Waals surface area contributed by atoms with E-state index in [1.54, 1.807) is 13.8 Å². The molecular weight excluding hydrogens is 253 g/mol. The summed E-state index contributed by atoms with van der Waals surface area (Å²) in [5.41, 5.74) is 5.21. The monoisotopic (exact) mass is 277 g/mol. The van der Waals surface area contributed by atoms with E-state index in [1.165, 1.54) is 0 Å². The Morgan fingerprint density at radius 1 is 1.21 bits per heavy atom. The Bertz CT molecular complexity index is 306. The molecule has 0 aliphatic rings. The maximum Gasteiger partial charge on any atom is 0.319 e. The molecule has 19 heavy (non-hydrogen) atoms. The van der Waals surface area contributed by atoms with Crippen molar-refractivity contribution in [2.24, 2.45) is 23.0 Å². The van der Waals surface area contributed by atoms with E-state index < -0.39 is 29.3 Å². The molecule has 5 nitrogen and oxygen atoms in total. The predicted octanol–water partition coefficient (Wildman–Crippen LogP) is 1.90. The average molecular weight is 277 g/mol. The normalized spacial score (nSPS) is 15.3. The highest BCUT2D eigenvalue weighted by molar-refractivity contribution is 5.93. The molecule has 0 fully saturated rings. The minimum atomic E-state index is -1.63. The lowest BCUT2D eigenvalue weighted by atomic mass is 9.68. The zero-order chi connectivity index (χ0) is 15.2. The maximum absolute atomic E-state index is 12.1. The molecule has 0 aliphatic heterocycles. The van der Waals surface area contributed by atoms with Crippen LogP contribution < -0.4 is 5.73 Å². The summed E-state index contributed by atoms with van der Waals surface area (Å²) in [6.45, 7) is 5.03. The van der Waals surface area contributed by atoms with Crippen molar-refractivity contribution in [2.75, 3.05) is 6.67 Å². The number of carboxylic acid groups (broad SMARTS) is 2. The standard InChI is InChI=1S/C13H24FNO4/c1-8(6-4-5-7-14)13(2,3)10(15)9(11(16)17)12(18)19/h8-10H,4-7,15H2,1-3H3,(H,16,17)(H,18,19). The highest BCUT2D eigenvalue weighted by atomic mass is 19.1. The van der Waals surface area contributed by atoms with Gasteiger partial charge < -0.3 is 15.9 Å². The van der Waals surface area contributed by atoms with Gasteiger partial charge in [0.15, 0.2) is 5.92 Å². The molecule has 0 heterocycles. The lowest BCUT2D eigenvalue weighted by Crippen LogP contribution is -2.52. The van der Waals surface area contributed by atoms with Crippen LogP contribution in [0.5, 0.6) is 0 Å². The van der Waals surface area contributed by atoms with Crippen molar-refractivity contribution in [2.45, 2.75) is 46.1 Å². The third kappa shape index (κ3) is 4.78. The summed E-state index contributed by atoms with van der Waals surface area (Å²) < 4.78 is 12.1. The van der Waals surface area contributed by atoms with E-state index in [0.29, 0.717) is 19.3 Å². The smallest absolute Gasteiger partial charge is 0.319 e. The fourth-order valence-electron chi connectivity index (χ4n) is 2.09. The average Bonchev–Trinajstić information content (AvgIpc) is 2.27. The molecule has 0 saturated heterocycles. The number of hydrogen-bond donors (Lipinski definition) is 3. The topological polar surface area (TPSA) is 101 Å². The quantitative estimate of drug-likeness (QED) is 0.441. The zero-order valence-electron chi connectivity index (χ0n) is 11.7. The van der Waals surface area contributed by atoms with E-state index >= 15 is 0 Å². The largest absolute Gasteiger partial charge is 0.481 e. The highest BCUT2D eigenvalue weighted by Gasteiger charge is 2.43. The first-order valence-corrected chi connectivity index (χ1v) is 6.43. The number of halogens is 1. The van der Waals surface area contributed by atoms with Crippen LogP contribution in [0.3, 0.4) is 0 Å². The minimum Gasteiger partial charge on any atom is -0.481 e. The van der Waals surface area contributed by atoms with Gasteiger partial charge in [-0.2, -0.15) is 0 Å². The van der Waals surface area contributed by atoms with Crippen LogP contribution in [0, 0.1) is 17.3 Å². The number of unbranched alkanes of at least 4 members (excludes halogenated alkanes) is 1. The first-order chi connectivity index (χ1) is 8.66. The van der Waals surface area contributed by atoms with Gasteiger partial charge in [0.05, 0.1) is 6.67 Å². The molecule has 0 aromatic rings. The summed E-state index contributed by atoms with van der Waals surface area (Å²) in [6.07, 6.45) is 1.83. The van der Waals surface area contributed by atoms with Crippen molar-refractivity contribution in [1.29, 1.82) is 0 Å². The summed E-state index contributed by atoms with van der Waals surface area (Å²) in [4.78, 5) is 22.0. The van der Waals surface area contributed by atoms with Crippen LogP contribution in [0.15, 0.2) is 0 Å². The molecular formula is C13H24FNO4. The Labute approximate surface area is 113 Å². The molecule has 0 bridgehead atoms. The van der Waals surface area contributed by atoms with Gasteiger partial charge in [-0.05, 0) is 17.8 Å². The third-order valence-corrected chi connectivity index (χ3v) is 4.04. The third-order valence-electron chi connectivity index (χ3n) is 4.04. The van der Waals surface area contributed by atoms with Gasteiger partial charge in [-0.25, -0.2) is 0 Å². The van der Waals surface area contributed by atoms with Gasteiger partial charge in [0, 0.05) is 6.04 Å². The second-order valence-electron chi connectivity index (χ2n) is 5.59. The number of nitrogens with two attached hydrogens (primary N) is 1. The molecule has 2 unspecified atom stereocenters. The van der Waals surface area contributed by atoms with Crippen molar-refractivity contribution in [3.63, 3.8) is 0 Å². The number of carboxylic acids is 2. The molecule has 0 rings (SSSR count). The minimum absolute atomic E-state index is 0.00949. The number of alkyl halides is 1. The van der Waals surface area contributed by atoms with E-state index in [4.69, 9.17) is 15.9 Å². The van der Waals surface area contributed by atoms with E-state index in [2.05, 4.69) is 0 Å². The van der Waals surface area contributed by atoms with Crippen LogP contribution in [0.1, 0.15) is 40.0 Å². The number of hydrogen-bond acceptors (Lipinski definition) is 3. The molecule has 0 radical (unpaired) electrons. The highest BCUT2D eigenvalue weighted by Crippen LogP contribution is 2.36. The summed E-state index contributed by atoms with van der Waals surface area (Å²) in [6, 6.07) is -0.997. The molecule has 0 aliphatic carbocycles. The molecule has 0 aromatic heterocycles. The lowest BCUT2D eigenvalue weighted by molar-refractivity contribution is -0.157. The van der Waals surface area contributed by atoms with Gasteiger partial charge in [0.25, 0.3) is 0 Å². The molecule has 112 valence electrons. The Morgan fingerprint density at radius 3 is 2.05 bits per heavy atom. The Kier molecular flexibility index (Phi) is 6.97. The van der Waals surface area contributed by atoms with Gasteiger partial charge in [-0.1, -0.05) is 33.6 Å². The fraction of sp³-hybridized carbons (Fsp3) is 0.846. The van der Waals surface area contributed by atoms with Crippen LogP contribution in [-0.2, 0) is 9.59 Å². The molecule has 0 aromatic carbocycles. The Morgan fingerprint density at radius 2 is 1.68 bits per heavy atom. The van der Waals surface area contributed by atoms with Crippen molar-refractivity contribution < 1.29 is 24.2 Å². The number of rotatable bonds is 9. The summed E-state index contributed by atoms with van der Waals surface area (Å²) in [7, 11) is 0. The second-order valence-corrected chi connectivity index (χ2v) is 5.59. The van der Waals surface area contributed by atoms with E-state index in [1.807, 2.05) is 6.92 Å². The SMILES string of the molecule is CC(CCCCF)C(C)(C)C(N)C(C(=O)O)C(=O)O.